The molecule has 3 rings (SSSR count). The summed E-state index contributed by atoms with van der Waals surface area (Å²) in [7, 11) is 0. The van der Waals surface area contributed by atoms with Gasteiger partial charge in [-0.1, -0.05) is 37.9 Å². The molecule has 0 bridgehead atoms. The van der Waals surface area contributed by atoms with Crippen LogP contribution in [0.15, 0.2) is 10.1 Å². The predicted octanol–water partition coefficient (Wildman–Crippen LogP) is 4.80. The third kappa shape index (κ3) is 6.48. The number of hydrogen-bond acceptors (Lipinski definition) is 4. The molecular weight excluding hydrogens is 495 g/mol. The van der Waals surface area contributed by atoms with Gasteiger partial charge >= 0.3 is 0 Å². The van der Waals surface area contributed by atoms with Gasteiger partial charge in [-0.05, 0) is 57.1 Å². The molecule has 8 heteroatoms. The second-order valence-electron chi connectivity index (χ2n) is 8.34. The van der Waals surface area contributed by atoms with Crippen molar-refractivity contribution in [2.75, 3.05) is 25.9 Å². The van der Waals surface area contributed by atoms with Gasteiger partial charge in [0.2, 0.25) is 0 Å². The van der Waals surface area contributed by atoms with E-state index < -0.39 is 0 Å². The smallest absolute Gasteiger partial charge is 0.191 e. The molecule has 2 N–H and O–H groups in total. The zero-order valence-corrected chi connectivity index (χ0v) is 21.5. The number of rotatable bonds is 10. The van der Waals surface area contributed by atoms with Crippen LogP contribution in [0.5, 0.6) is 0 Å². The van der Waals surface area contributed by atoms with Crippen LogP contribution in [-0.4, -0.2) is 46.6 Å². The van der Waals surface area contributed by atoms with Crippen LogP contribution in [0.1, 0.15) is 83.5 Å². The van der Waals surface area contributed by atoms with Gasteiger partial charge in [0.25, 0.3) is 0 Å². The van der Waals surface area contributed by atoms with Crippen molar-refractivity contribution in [1.29, 1.82) is 0 Å². The Bertz CT molecular complexity index is 632. The predicted molar refractivity (Wildman–Crippen MR) is 134 cm³/mol. The van der Waals surface area contributed by atoms with Gasteiger partial charge in [-0.25, -0.2) is 0 Å². The molecule has 166 valence electrons. The summed E-state index contributed by atoms with van der Waals surface area (Å²) in [5, 5.41) is 16.9. The average molecular weight is 535 g/mol. The summed E-state index contributed by atoms with van der Waals surface area (Å²) in [6, 6.07) is 0.604. The second-order valence-corrected chi connectivity index (χ2v) is 9.12. The molecule has 0 radical (unpaired) electrons. The minimum atomic E-state index is 0. The van der Waals surface area contributed by atoms with Crippen LogP contribution in [0.25, 0.3) is 0 Å². The van der Waals surface area contributed by atoms with Gasteiger partial charge in [0, 0.05) is 32.1 Å². The zero-order valence-electron chi connectivity index (χ0n) is 18.4. The van der Waals surface area contributed by atoms with E-state index in [-0.39, 0.29) is 24.0 Å². The Morgan fingerprint density at radius 1 is 1.17 bits per heavy atom. The Balaban J connectivity index is 0.00000300. The quantitative estimate of drug-likeness (QED) is 0.148. The molecule has 2 fully saturated rings. The van der Waals surface area contributed by atoms with Gasteiger partial charge in [0.15, 0.2) is 11.1 Å². The Hall–Kier alpha value is -0.510. The standard InChI is InChI=1S/C21H38N6S.HI/c1-4-21(13-9-14-21)16-24-19(22-5-2)23-15-8-12-18-25-26-20(28-3)27(18)17-10-6-7-11-17;/h17H,4-16H2,1-3H3,(H2,22,23,24);1H. The number of aryl methyl sites for hydroxylation is 1. The Kier molecular flexibility index (Phi) is 10.6. The van der Waals surface area contributed by atoms with Crippen LogP contribution < -0.4 is 10.6 Å². The molecule has 1 aromatic heterocycles. The lowest BCUT2D eigenvalue weighted by molar-refractivity contribution is 0.139. The van der Waals surface area contributed by atoms with E-state index in [4.69, 9.17) is 4.99 Å². The number of nitrogens with one attached hydrogen (secondary N) is 2. The van der Waals surface area contributed by atoms with E-state index in [1.807, 2.05) is 0 Å². The molecule has 2 aliphatic rings. The lowest BCUT2D eigenvalue weighted by Gasteiger charge is -2.40. The summed E-state index contributed by atoms with van der Waals surface area (Å²) in [6.07, 6.45) is 14.6. The van der Waals surface area contributed by atoms with E-state index >= 15 is 0 Å². The Morgan fingerprint density at radius 3 is 2.52 bits per heavy atom. The number of guanidine groups is 1. The summed E-state index contributed by atoms with van der Waals surface area (Å²) >= 11 is 1.72. The normalized spacial score (nSPS) is 18.9. The highest BCUT2D eigenvalue weighted by Gasteiger charge is 2.34. The maximum Gasteiger partial charge on any atom is 0.191 e. The fraction of sp³-hybridized carbons (Fsp3) is 0.857. The number of aliphatic imine (C=N–C) groups is 1. The number of nitrogens with zero attached hydrogens (tertiary/aromatic N) is 4. The van der Waals surface area contributed by atoms with Crippen molar-refractivity contribution in [1.82, 2.24) is 25.4 Å². The lowest BCUT2D eigenvalue weighted by Crippen LogP contribution is -2.40. The first-order valence-corrected chi connectivity index (χ1v) is 12.4. The first kappa shape index (κ1) is 24.8. The Morgan fingerprint density at radius 2 is 1.93 bits per heavy atom. The number of halogens is 1. The van der Waals surface area contributed by atoms with Crippen LogP contribution in [-0.2, 0) is 6.42 Å². The fourth-order valence-corrected chi connectivity index (χ4v) is 5.06. The van der Waals surface area contributed by atoms with Crippen molar-refractivity contribution in [3.05, 3.63) is 5.82 Å². The molecular formula is C21H39IN6S. The van der Waals surface area contributed by atoms with Crippen molar-refractivity contribution in [2.24, 2.45) is 10.4 Å². The molecule has 2 aliphatic carbocycles. The summed E-state index contributed by atoms with van der Waals surface area (Å²) in [6.45, 7) is 7.20. The van der Waals surface area contributed by atoms with Crippen molar-refractivity contribution >= 4 is 41.7 Å². The zero-order chi connectivity index (χ0) is 19.8. The third-order valence-electron chi connectivity index (χ3n) is 6.56. The molecule has 1 aromatic rings. The van der Waals surface area contributed by atoms with E-state index in [1.165, 1.54) is 51.4 Å². The van der Waals surface area contributed by atoms with Crippen LogP contribution in [0, 0.1) is 5.41 Å². The molecule has 1 heterocycles. The Labute approximate surface area is 197 Å². The SMILES string of the molecule is CCNC(=NCC1(CC)CCC1)NCCCc1nnc(SC)n1C1CCCC1.I. The molecule has 0 unspecified atom stereocenters. The molecule has 0 saturated heterocycles. The fourth-order valence-electron chi connectivity index (χ4n) is 4.49. The van der Waals surface area contributed by atoms with E-state index in [9.17, 15) is 0 Å². The van der Waals surface area contributed by atoms with Gasteiger partial charge in [0.05, 0.1) is 0 Å². The topological polar surface area (TPSA) is 67.1 Å². The number of hydrogen-bond donors (Lipinski definition) is 2. The average Bonchev–Trinajstić information content (AvgIpc) is 3.33. The maximum absolute atomic E-state index is 4.88. The van der Waals surface area contributed by atoms with Gasteiger partial charge in [-0.3, -0.25) is 4.99 Å². The minimum absolute atomic E-state index is 0. The van der Waals surface area contributed by atoms with Crippen LogP contribution >= 0.6 is 35.7 Å². The molecule has 2 saturated carbocycles. The third-order valence-corrected chi connectivity index (χ3v) is 7.20. The first-order valence-electron chi connectivity index (χ1n) is 11.2. The highest BCUT2D eigenvalue weighted by molar-refractivity contribution is 14.0. The molecule has 0 spiro atoms. The molecule has 0 aromatic carbocycles. The second kappa shape index (κ2) is 12.4. The van der Waals surface area contributed by atoms with Crippen LogP contribution in [0.4, 0.5) is 0 Å². The largest absolute Gasteiger partial charge is 0.357 e. The van der Waals surface area contributed by atoms with Crippen LogP contribution in [0.2, 0.25) is 0 Å². The van der Waals surface area contributed by atoms with E-state index in [2.05, 4.69) is 45.5 Å². The lowest BCUT2D eigenvalue weighted by atomic mass is 9.67. The van der Waals surface area contributed by atoms with Gasteiger partial charge in [-0.2, -0.15) is 0 Å². The van der Waals surface area contributed by atoms with Crippen molar-refractivity contribution < 1.29 is 0 Å². The highest BCUT2D eigenvalue weighted by Crippen LogP contribution is 2.43. The number of thioether (sulfide) groups is 1. The molecule has 6 nitrogen and oxygen atoms in total. The van der Waals surface area contributed by atoms with Crippen molar-refractivity contribution in [3.8, 4) is 0 Å². The molecule has 29 heavy (non-hydrogen) atoms. The van der Waals surface area contributed by atoms with E-state index in [0.717, 1.165) is 49.4 Å². The molecule has 0 atom stereocenters. The summed E-state index contributed by atoms with van der Waals surface area (Å²) in [5.41, 5.74) is 0.467. The van der Waals surface area contributed by atoms with Crippen LogP contribution in [0.3, 0.4) is 0 Å². The van der Waals surface area contributed by atoms with Crippen molar-refractivity contribution in [2.45, 2.75) is 89.3 Å². The highest BCUT2D eigenvalue weighted by atomic mass is 127. The van der Waals surface area contributed by atoms with Crippen molar-refractivity contribution in [3.63, 3.8) is 0 Å². The monoisotopic (exact) mass is 534 g/mol. The summed E-state index contributed by atoms with van der Waals surface area (Å²) < 4.78 is 2.42. The van der Waals surface area contributed by atoms with Gasteiger partial charge < -0.3 is 15.2 Å². The minimum Gasteiger partial charge on any atom is -0.357 e. The van der Waals surface area contributed by atoms with Gasteiger partial charge in [0.1, 0.15) is 5.82 Å². The molecule has 0 aliphatic heterocycles. The van der Waals surface area contributed by atoms with Gasteiger partial charge in [-0.15, -0.1) is 34.2 Å². The summed E-state index contributed by atoms with van der Waals surface area (Å²) in [5.74, 6) is 2.11. The van der Waals surface area contributed by atoms with E-state index in [1.54, 1.807) is 11.8 Å². The molecule has 0 amide bonds. The first-order chi connectivity index (χ1) is 13.7. The van der Waals surface area contributed by atoms with E-state index in [0.29, 0.717) is 11.5 Å². The number of aromatic nitrogens is 3. The summed E-state index contributed by atoms with van der Waals surface area (Å²) in [4.78, 5) is 4.88. The maximum atomic E-state index is 4.88.